The fourth-order valence-electron chi connectivity index (χ4n) is 11.1. The maximum atomic E-state index is 5.11. The first kappa shape index (κ1) is 44.7. The number of benzene rings is 10. The molecule has 0 unspecified atom stereocenters. The zero-order valence-corrected chi connectivity index (χ0v) is 41.8. The molecule has 2 aliphatic rings. The first-order chi connectivity index (χ1) is 37.4. The average Bonchev–Trinajstić information content (AvgIpc) is 3.80. The van der Waals surface area contributed by atoms with Gasteiger partial charge in [0.1, 0.15) is 0 Å². The minimum absolute atomic E-state index is 0.343. The van der Waals surface area contributed by atoms with Crippen molar-refractivity contribution in [1.29, 1.82) is 0 Å². The number of fused-ring (bicyclic) bond motifs is 7. The van der Waals surface area contributed by atoms with E-state index in [9.17, 15) is 0 Å². The minimum atomic E-state index is -0.343. The summed E-state index contributed by atoms with van der Waals surface area (Å²) < 4.78 is 0. The third-order valence-corrected chi connectivity index (χ3v) is 14.9. The molecule has 76 heavy (non-hydrogen) atoms. The van der Waals surface area contributed by atoms with Crippen LogP contribution < -0.4 is 4.90 Å². The van der Waals surface area contributed by atoms with Crippen LogP contribution in [0.4, 0.5) is 17.1 Å². The number of para-hydroxylation sites is 1. The highest BCUT2D eigenvalue weighted by Gasteiger charge is 2.41. The monoisotopic (exact) mass is 973 g/mol. The molecule has 0 radical (unpaired) electrons. The zero-order valence-electron chi connectivity index (χ0n) is 41.8. The molecule has 0 saturated carbocycles. The van der Waals surface area contributed by atoms with Gasteiger partial charge in [-0.15, -0.1) is 0 Å². The molecule has 4 heterocycles. The summed E-state index contributed by atoms with van der Waals surface area (Å²) in [5, 5.41) is 0. The maximum Gasteiger partial charge on any atom is 0.164 e. The molecule has 7 heteroatoms. The summed E-state index contributed by atoms with van der Waals surface area (Å²) in [7, 11) is 0. The quantitative estimate of drug-likeness (QED) is 0.150. The van der Waals surface area contributed by atoms with Crippen molar-refractivity contribution in [3.8, 4) is 113 Å². The van der Waals surface area contributed by atoms with Gasteiger partial charge in [-0.3, -0.25) is 0 Å². The topological polar surface area (TPSA) is 80.6 Å². The molecule has 0 bridgehead atoms. The Morgan fingerprint density at radius 2 is 0.618 bits per heavy atom. The Balaban J connectivity index is 0.916. The second-order valence-electron chi connectivity index (χ2n) is 19.9. The lowest BCUT2D eigenvalue weighted by Crippen LogP contribution is -2.31. The lowest BCUT2D eigenvalue weighted by atomic mass is 9.71. The van der Waals surface area contributed by atoms with Crippen molar-refractivity contribution >= 4 is 17.1 Å². The molecule has 0 fully saturated rings. The van der Waals surface area contributed by atoms with Crippen molar-refractivity contribution in [3.05, 3.63) is 260 Å². The third-order valence-electron chi connectivity index (χ3n) is 14.9. The van der Waals surface area contributed by atoms with Gasteiger partial charge in [0.05, 0.1) is 17.1 Å². The summed E-state index contributed by atoms with van der Waals surface area (Å²) in [6.45, 7) is 4.73. The molecule has 7 nitrogen and oxygen atoms in total. The van der Waals surface area contributed by atoms with Crippen molar-refractivity contribution in [2.24, 2.45) is 0 Å². The average molecular weight is 974 g/mol. The van der Waals surface area contributed by atoms with Gasteiger partial charge in [-0.2, -0.15) is 0 Å². The Kier molecular flexibility index (Phi) is 10.7. The summed E-state index contributed by atoms with van der Waals surface area (Å²) in [5.41, 5.74) is 20.3. The Hall–Kier alpha value is -9.98. The van der Waals surface area contributed by atoms with E-state index in [1.54, 1.807) is 0 Å². The van der Waals surface area contributed by atoms with Crippen LogP contribution in [0, 0.1) is 0 Å². The van der Waals surface area contributed by atoms with E-state index in [1.165, 1.54) is 33.6 Å². The van der Waals surface area contributed by atoms with Gasteiger partial charge in [-0.1, -0.05) is 220 Å². The molecule has 358 valence electrons. The van der Waals surface area contributed by atoms with Gasteiger partial charge in [0, 0.05) is 49.9 Å². The smallest absolute Gasteiger partial charge is 0.164 e. The Labute approximate surface area is 441 Å². The van der Waals surface area contributed by atoms with E-state index in [4.69, 9.17) is 29.9 Å². The molecule has 0 spiro atoms. The highest BCUT2D eigenvalue weighted by atomic mass is 15.2. The van der Waals surface area contributed by atoms with Gasteiger partial charge in [-0.05, 0) is 87.0 Å². The molecule has 0 N–H and O–H groups in total. The zero-order chi connectivity index (χ0) is 50.7. The van der Waals surface area contributed by atoms with Crippen LogP contribution in [0.3, 0.4) is 0 Å². The Morgan fingerprint density at radius 3 is 1.12 bits per heavy atom. The third kappa shape index (κ3) is 7.76. The molecule has 0 saturated heterocycles. The first-order valence-corrected chi connectivity index (χ1v) is 25.7. The van der Waals surface area contributed by atoms with Crippen molar-refractivity contribution in [2.45, 2.75) is 19.3 Å². The lowest BCUT2D eigenvalue weighted by Gasteiger charge is -2.43. The van der Waals surface area contributed by atoms with E-state index in [-0.39, 0.29) is 5.41 Å². The molecule has 0 aliphatic carbocycles. The number of hydrogen-bond donors (Lipinski definition) is 0. The number of rotatable bonds is 8. The van der Waals surface area contributed by atoms with E-state index < -0.39 is 0 Å². The van der Waals surface area contributed by atoms with E-state index >= 15 is 0 Å². The van der Waals surface area contributed by atoms with Gasteiger partial charge >= 0.3 is 0 Å². The minimum Gasteiger partial charge on any atom is -0.309 e. The van der Waals surface area contributed by atoms with Crippen molar-refractivity contribution < 1.29 is 0 Å². The van der Waals surface area contributed by atoms with Crippen LogP contribution in [0.15, 0.2) is 249 Å². The highest BCUT2D eigenvalue weighted by Crippen LogP contribution is 2.60. The van der Waals surface area contributed by atoms with Crippen LogP contribution in [0.2, 0.25) is 0 Å². The lowest BCUT2D eigenvalue weighted by molar-refractivity contribution is 0.632. The summed E-state index contributed by atoms with van der Waals surface area (Å²) in [4.78, 5) is 32.8. The van der Waals surface area contributed by atoms with Crippen LogP contribution in [-0.2, 0) is 5.41 Å². The van der Waals surface area contributed by atoms with Gasteiger partial charge in [0.2, 0.25) is 0 Å². The summed E-state index contributed by atoms with van der Waals surface area (Å²) in [6.07, 6.45) is 0. The normalized spacial score (nSPS) is 12.7. The molecule has 10 aromatic carbocycles. The molecule has 2 aromatic heterocycles. The summed E-state index contributed by atoms with van der Waals surface area (Å²) in [6, 6.07) is 87.3. The van der Waals surface area contributed by atoms with Crippen LogP contribution in [0.1, 0.15) is 25.0 Å². The van der Waals surface area contributed by atoms with Crippen LogP contribution >= 0.6 is 0 Å². The number of anilines is 3. The van der Waals surface area contributed by atoms with Crippen molar-refractivity contribution in [3.63, 3.8) is 0 Å². The molecule has 14 rings (SSSR count). The van der Waals surface area contributed by atoms with Gasteiger partial charge in [-0.25, -0.2) is 29.9 Å². The number of hydrogen-bond acceptors (Lipinski definition) is 7. The van der Waals surface area contributed by atoms with Gasteiger partial charge < -0.3 is 4.90 Å². The van der Waals surface area contributed by atoms with Crippen LogP contribution in [0.5, 0.6) is 0 Å². The molecule has 2 aliphatic heterocycles. The van der Waals surface area contributed by atoms with E-state index in [0.717, 1.165) is 72.4 Å². The first-order valence-electron chi connectivity index (χ1n) is 25.7. The van der Waals surface area contributed by atoms with Gasteiger partial charge in [0.15, 0.2) is 34.9 Å². The highest BCUT2D eigenvalue weighted by molar-refractivity contribution is 6.07. The maximum absolute atomic E-state index is 5.11. The molecule has 0 amide bonds. The van der Waals surface area contributed by atoms with E-state index in [1.807, 2.05) is 121 Å². The number of nitrogens with zero attached hydrogens (tertiary/aromatic N) is 7. The largest absolute Gasteiger partial charge is 0.309 e. The molecular weight excluding hydrogens is 927 g/mol. The van der Waals surface area contributed by atoms with Crippen LogP contribution in [0.25, 0.3) is 113 Å². The fourth-order valence-corrected chi connectivity index (χ4v) is 11.1. The second-order valence-corrected chi connectivity index (χ2v) is 19.9. The Morgan fingerprint density at radius 1 is 0.250 bits per heavy atom. The standard InChI is InChI=1S/C69H47N7/c1-69(2)58-35-17-18-36-61(58)76-60-38-37-50(48-29-19-31-51(39-48)67-72-63(44-21-7-3-8-22-44)70-64(73-67)45-23-9-4-10-24-45)41-56(60)54-33-15-16-34-55(54)57-42-53(43-59(69)62(57)76)49-30-20-32-52(40-49)68-74-65(46-25-11-5-12-26-46)71-66(75-68)47-27-13-6-14-28-47/h3-43H,1-2H3. The summed E-state index contributed by atoms with van der Waals surface area (Å²) in [5.74, 6) is 3.77. The van der Waals surface area contributed by atoms with Gasteiger partial charge in [0.25, 0.3) is 0 Å². The molecule has 12 aromatic rings. The number of aromatic nitrogens is 6. The van der Waals surface area contributed by atoms with E-state index in [0.29, 0.717) is 34.9 Å². The predicted molar refractivity (Wildman–Crippen MR) is 308 cm³/mol. The van der Waals surface area contributed by atoms with Crippen LogP contribution in [-0.4, -0.2) is 29.9 Å². The Bertz CT molecular complexity index is 4080. The van der Waals surface area contributed by atoms with E-state index in [2.05, 4.69) is 146 Å². The summed E-state index contributed by atoms with van der Waals surface area (Å²) >= 11 is 0. The SMILES string of the molecule is CC1(C)c2ccccc2N2c3ccc(-c4cccc(-c5nc(-c6ccccc6)nc(-c6ccccc6)n5)c4)cc3-c3ccccc3-c3cc(-c4cccc(-c5nc(-c6ccccc6)nc(-c6ccccc6)n5)c4)cc1c32. The second kappa shape index (κ2) is 18.2. The molecular formula is C69H47N7. The van der Waals surface area contributed by atoms with Crippen molar-refractivity contribution in [1.82, 2.24) is 29.9 Å². The molecule has 0 atom stereocenters. The van der Waals surface area contributed by atoms with Crippen molar-refractivity contribution in [2.75, 3.05) is 4.90 Å². The fraction of sp³-hybridized carbons (Fsp3) is 0.0435. The predicted octanol–water partition coefficient (Wildman–Crippen LogP) is 17.1.